The van der Waals surface area contributed by atoms with Gasteiger partial charge in [0.2, 0.25) is 11.8 Å². The lowest BCUT2D eigenvalue weighted by Crippen LogP contribution is -2.32. The molecule has 0 spiro atoms. The van der Waals surface area contributed by atoms with Gasteiger partial charge in [-0.2, -0.15) is 0 Å². The molecule has 0 bridgehead atoms. The van der Waals surface area contributed by atoms with Gasteiger partial charge in [0.1, 0.15) is 11.4 Å². The molecule has 3 N–H and O–H groups in total. The summed E-state index contributed by atoms with van der Waals surface area (Å²) >= 11 is 14.0. The van der Waals surface area contributed by atoms with Crippen molar-refractivity contribution in [3.8, 4) is 45.4 Å². The minimum absolute atomic E-state index is 0.155. The van der Waals surface area contributed by atoms with E-state index in [1.165, 1.54) is 12.8 Å². The molecule has 1 saturated carbocycles. The Morgan fingerprint density at radius 2 is 1.33 bits per heavy atom. The maximum atomic E-state index is 9.42. The van der Waals surface area contributed by atoms with Gasteiger partial charge in [-0.1, -0.05) is 59.6 Å². The molecular weight excluding hydrogens is 575 g/mol. The second-order valence-electron chi connectivity index (χ2n) is 10.1. The van der Waals surface area contributed by atoms with Crippen molar-refractivity contribution >= 4 is 23.2 Å². The lowest BCUT2D eigenvalue weighted by atomic mass is 9.98. The molecule has 1 fully saturated rings. The third-order valence-corrected chi connectivity index (χ3v) is 8.17. The zero-order valence-electron chi connectivity index (χ0n) is 23.8. The van der Waals surface area contributed by atoms with Gasteiger partial charge in [0, 0.05) is 48.0 Å². The Balaban J connectivity index is 1.45. The fourth-order valence-corrected chi connectivity index (χ4v) is 5.69. The molecule has 1 aliphatic rings. The molecule has 2 heterocycles. The molecule has 1 aliphatic carbocycles. The molecule has 4 aromatic rings. The Labute approximate surface area is 255 Å². The zero-order valence-corrected chi connectivity index (χ0v) is 25.3. The van der Waals surface area contributed by atoms with E-state index in [9.17, 15) is 5.11 Å². The average molecular weight is 610 g/mol. The maximum absolute atomic E-state index is 9.42. The van der Waals surface area contributed by atoms with E-state index in [1.54, 1.807) is 26.6 Å². The topological polar surface area (TPSA) is 114 Å². The van der Waals surface area contributed by atoms with Crippen molar-refractivity contribution in [3.05, 3.63) is 70.2 Å². The van der Waals surface area contributed by atoms with E-state index in [-0.39, 0.29) is 12.6 Å². The summed E-state index contributed by atoms with van der Waals surface area (Å²) in [7, 11) is 4.99. The van der Waals surface area contributed by atoms with Crippen LogP contribution < -0.4 is 20.1 Å². The van der Waals surface area contributed by atoms with E-state index in [4.69, 9.17) is 37.7 Å². The van der Waals surface area contributed by atoms with Crippen molar-refractivity contribution in [1.29, 1.82) is 0 Å². The zero-order chi connectivity index (χ0) is 29.6. The number of aliphatic hydroxyl groups is 1. The molecule has 42 heavy (non-hydrogen) atoms. The number of aliphatic hydroxyl groups excluding tert-OH is 1. The van der Waals surface area contributed by atoms with Crippen molar-refractivity contribution in [2.75, 3.05) is 27.9 Å². The number of hydrogen-bond acceptors (Lipinski definition) is 9. The Morgan fingerprint density at radius 3 is 1.79 bits per heavy atom. The molecule has 2 aromatic heterocycles. The molecule has 1 atom stereocenters. The van der Waals surface area contributed by atoms with Gasteiger partial charge in [0.05, 0.1) is 48.0 Å². The first-order chi connectivity index (χ1) is 20.5. The number of aromatic nitrogens is 4. The normalized spacial score (nSPS) is 13.7. The third kappa shape index (κ3) is 6.50. The van der Waals surface area contributed by atoms with Crippen molar-refractivity contribution in [2.45, 2.75) is 38.4 Å². The fraction of sp³-hybridized carbons (Fsp3) is 0.355. The highest BCUT2D eigenvalue weighted by atomic mass is 35.5. The standard InChI is InChI=1S/C31H34Cl2N6O3/c1-34-14-26-30(41-2)38-24(15-36-26)21-8-4-6-19(28(21)32)20-7-5-9-22(29(20)33)25-16-37-27(31(39-25)42-3)17-35-23(12-13-40)18-10-11-18/h4-9,15-16,18,23,34-35,40H,10-14,17H2,1-3H3. The van der Waals surface area contributed by atoms with E-state index < -0.39 is 0 Å². The summed E-state index contributed by atoms with van der Waals surface area (Å²) < 4.78 is 11.1. The van der Waals surface area contributed by atoms with Crippen LogP contribution in [0.2, 0.25) is 10.0 Å². The number of hydrogen-bond donors (Lipinski definition) is 3. The Hall–Kier alpha value is -3.34. The minimum Gasteiger partial charge on any atom is -0.480 e. The molecule has 0 aliphatic heterocycles. The SMILES string of the molecule is CNCc1ncc(-c2cccc(-c3cccc(-c4cnc(CNC(CCO)C5CC5)c(OC)n4)c3Cl)c2Cl)nc1OC. The summed E-state index contributed by atoms with van der Waals surface area (Å²) in [5, 5.41) is 17.0. The molecular formula is C31H34Cl2N6O3. The van der Waals surface area contributed by atoms with Crippen molar-refractivity contribution in [1.82, 2.24) is 30.6 Å². The summed E-state index contributed by atoms with van der Waals surface area (Å²) in [6, 6.07) is 11.7. The van der Waals surface area contributed by atoms with Crippen LogP contribution in [0.15, 0.2) is 48.8 Å². The van der Waals surface area contributed by atoms with Crippen LogP contribution in [0.1, 0.15) is 30.7 Å². The van der Waals surface area contributed by atoms with Crippen LogP contribution in [-0.4, -0.2) is 59.0 Å². The summed E-state index contributed by atoms with van der Waals surface area (Å²) in [4.78, 5) is 18.6. The monoisotopic (exact) mass is 608 g/mol. The predicted molar refractivity (Wildman–Crippen MR) is 165 cm³/mol. The lowest BCUT2D eigenvalue weighted by molar-refractivity contribution is 0.255. The predicted octanol–water partition coefficient (Wildman–Crippen LogP) is 5.56. The smallest absolute Gasteiger partial charge is 0.237 e. The minimum atomic E-state index is 0.155. The molecule has 5 rings (SSSR count). The Morgan fingerprint density at radius 1 is 0.833 bits per heavy atom. The van der Waals surface area contributed by atoms with Crippen LogP contribution in [0.25, 0.3) is 33.6 Å². The summed E-state index contributed by atoms with van der Waals surface area (Å²) in [5.41, 5.74) is 5.49. The number of nitrogens with zero attached hydrogens (tertiary/aromatic N) is 4. The second-order valence-corrected chi connectivity index (χ2v) is 10.9. The number of ether oxygens (including phenoxy) is 2. The molecule has 9 nitrogen and oxygen atoms in total. The highest BCUT2D eigenvalue weighted by molar-refractivity contribution is 6.39. The van der Waals surface area contributed by atoms with E-state index in [0.717, 1.165) is 11.1 Å². The molecule has 0 saturated heterocycles. The Kier molecular flexibility index (Phi) is 9.87. The molecule has 2 aromatic carbocycles. The first kappa shape index (κ1) is 30.1. The van der Waals surface area contributed by atoms with Crippen molar-refractivity contribution in [2.24, 2.45) is 5.92 Å². The number of nitrogens with one attached hydrogen (secondary N) is 2. The van der Waals surface area contributed by atoms with Crippen LogP contribution in [-0.2, 0) is 13.1 Å². The average Bonchev–Trinajstić information content (AvgIpc) is 3.86. The van der Waals surface area contributed by atoms with Gasteiger partial charge in [-0.05, 0) is 32.2 Å². The molecule has 11 heteroatoms. The van der Waals surface area contributed by atoms with E-state index in [2.05, 4.69) is 25.6 Å². The number of benzene rings is 2. The van der Waals surface area contributed by atoms with Gasteiger partial charge < -0.3 is 25.2 Å². The number of rotatable bonds is 13. The number of halogens is 2. The second kappa shape index (κ2) is 13.8. The molecule has 0 amide bonds. The van der Waals surface area contributed by atoms with Gasteiger partial charge in [-0.3, -0.25) is 9.97 Å². The van der Waals surface area contributed by atoms with Gasteiger partial charge >= 0.3 is 0 Å². The van der Waals surface area contributed by atoms with E-state index in [0.29, 0.717) is 81.1 Å². The Bertz CT molecular complexity index is 1550. The summed E-state index contributed by atoms with van der Waals surface area (Å²) in [6.45, 7) is 1.18. The van der Waals surface area contributed by atoms with E-state index in [1.807, 2.05) is 43.4 Å². The summed E-state index contributed by atoms with van der Waals surface area (Å²) in [6.07, 6.45) is 6.48. The maximum Gasteiger partial charge on any atom is 0.237 e. The van der Waals surface area contributed by atoms with Crippen LogP contribution in [0.5, 0.6) is 11.8 Å². The first-order valence-electron chi connectivity index (χ1n) is 13.9. The van der Waals surface area contributed by atoms with Gasteiger partial charge in [0.25, 0.3) is 0 Å². The highest BCUT2D eigenvalue weighted by Gasteiger charge is 2.30. The van der Waals surface area contributed by atoms with Crippen LogP contribution in [0, 0.1) is 5.92 Å². The van der Waals surface area contributed by atoms with Gasteiger partial charge in [0.15, 0.2) is 0 Å². The van der Waals surface area contributed by atoms with Crippen LogP contribution >= 0.6 is 23.2 Å². The molecule has 1 unspecified atom stereocenters. The number of methoxy groups -OCH3 is 2. The van der Waals surface area contributed by atoms with Crippen LogP contribution in [0.3, 0.4) is 0 Å². The third-order valence-electron chi connectivity index (χ3n) is 7.36. The van der Waals surface area contributed by atoms with Crippen molar-refractivity contribution < 1.29 is 14.6 Å². The fourth-order valence-electron chi connectivity index (χ4n) is 5.04. The van der Waals surface area contributed by atoms with Crippen LogP contribution in [0.4, 0.5) is 0 Å². The van der Waals surface area contributed by atoms with Gasteiger partial charge in [-0.15, -0.1) is 0 Å². The summed E-state index contributed by atoms with van der Waals surface area (Å²) in [5.74, 6) is 1.47. The largest absolute Gasteiger partial charge is 0.480 e. The first-order valence-corrected chi connectivity index (χ1v) is 14.6. The molecule has 220 valence electrons. The van der Waals surface area contributed by atoms with Gasteiger partial charge in [-0.25, -0.2) is 9.97 Å². The van der Waals surface area contributed by atoms with Crippen molar-refractivity contribution in [3.63, 3.8) is 0 Å². The highest BCUT2D eigenvalue weighted by Crippen LogP contribution is 2.42. The lowest BCUT2D eigenvalue weighted by Gasteiger charge is -2.18. The van der Waals surface area contributed by atoms with E-state index >= 15 is 0 Å². The molecule has 0 radical (unpaired) electrons. The quantitative estimate of drug-likeness (QED) is 0.179.